The molecule has 0 saturated heterocycles. The first-order chi connectivity index (χ1) is 7.65. The molecule has 1 saturated carbocycles. The molecule has 3 atom stereocenters. The highest BCUT2D eigenvalue weighted by Gasteiger charge is 2.27. The van der Waals surface area contributed by atoms with Crippen LogP contribution in [-0.4, -0.2) is 12.4 Å². The van der Waals surface area contributed by atoms with Crippen molar-refractivity contribution in [3.63, 3.8) is 0 Å². The van der Waals surface area contributed by atoms with E-state index in [2.05, 4.69) is 18.3 Å². The third kappa shape index (κ3) is 3.26. The van der Waals surface area contributed by atoms with E-state index in [-0.39, 0.29) is 0 Å². The van der Waals surface area contributed by atoms with Crippen molar-refractivity contribution in [1.82, 2.24) is 5.32 Å². The first-order valence-electron chi connectivity index (χ1n) is 6.10. The summed E-state index contributed by atoms with van der Waals surface area (Å²) in [5, 5.41) is 3.27. The number of halogens is 1. The Morgan fingerprint density at radius 1 is 1.50 bits per heavy atom. The molecule has 0 aromatic carbocycles. The number of dihydropyridines is 1. The largest absolute Gasteiger partial charge is 0.459 e. The molecule has 1 fully saturated rings. The molecule has 0 amide bonds. The van der Waals surface area contributed by atoms with Crippen LogP contribution in [0.4, 0.5) is 4.39 Å². The molecule has 16 heavy (non-hydrogen) atoms. The maximum Gasteiger partial charge on any atom is 0.235 e. The van der Waals surface area contributed by atoms with Crippen molar-refractivity contribution in [2.75, 3.05) is 0 Å². The zero-order valence-electron chi connectivity index (χ0n) is 9.95. The van der Waals surface area contributed by atoms with Gasteiger partial charge in [0.05, 0.1) is 0 Å². The second kappa shape index (κ2) is 4.89. The SMILES string of the molecule is CC(CC1CC1)C1C=CC(O[C@@H](C)F)=CN1. The second-order valence-corrected chi connectivity index (χ2v) is 4.92. The molecular weight excluding hydrogens is 205 g/mol. The molecule has 0 bridgehead atoms. The van der Waals surface area contributed by atoms with Gasteiger partial charge in [0.1, 0.15) is 5.76 Å². The Bertz CT molecular complexity index is 294. The molecule has 2 unspecified atom stereocenters. The summed E-state index contributed by atoms with van der Waals surface area (Å²) in [6.45, 7) is 3.65. The van der Waals surface area contributed by atoms with E-state index in [9.17, 15) is 4.39 Å². The van der Waals surface area contributed by atoms with E-state index in [4.69, 9.17) is 4.74 Å². The summed E-state index contributed by atoms with van der Waals surface area (Å²) in [6, 6.07) is 0.364. The topological polar surface area (TPSA) is 21.3 Å². The fraction of sp³-hybridized carbons (Fsp3) is 0.692. The van der Waals surface area contributed by atoms with E-state index in [0.717, 1.165) is 5.92 Å². The van der Waals surface area contributed by atoms with E-state index in [1.165, 1.54) is 26.2 Å². The third-order valence-electron chi connectivity index (χ3n) is 3.20. The van der Waals surface area contributed by atoms with Crippen LogP contribution in [0.2, 0.25) is 0 Å². The summed E-state index contributed by atoms with van der Waals surface area (Å²) in [5.74, 6) is 2.15. The zero-order valence-corrected chi connectivity index (χ0v) is 9.95. The molecule has 1 aliphatic heterocycles. The van der Waals surface area contributed by atoms with Crippen LogP contribution in [0.5, 0.6) is 0 Å². The fourth-order valence-electron chi connectivity index (χ4n) is 2.12. The molecule has 2 nitrogen and oxygen atoms in total. The average molecular weight is 225 g/mol. The molecule has 1 N–H and O–H groups in total. The van der Waals surface area contributed by atoms with Crippen LogP contribution in [0.1, 0.15) is 33.1 Å². The van der Waals surface area contributed by atoms with Gasteiger partial charge in [0.25, 0.3) is 0 Å². The van der Waals surface area contributed by atoms with Crippen LogP contribution < -0.4 is 5.32 Å². The second-order valence-electron chi connectivity index (χ2n) is 4.92. The first-order valence-corrected chi connectivity index (χ1v) is 6.10. The van der Waals surface area contributed by atoms with Crippen LogP contribution in [0.25, 0.3) is 0 Å². The van der Waals surface area contributed by atoms with Crippen LogP contribution in [0.15, 0.2) is 24.1 Å². The Kier molecular flexibility index (Phi) is 3.52. The maximum absolute atomic E-state index is 12.6. The number of alkyl halides is 1. The van der Waals surface area contributed by atoms with Gasteiger partial charge < -0.3 is 10.1 Å². The Morgan fingerprint density at radius 3 is 2.75 bits per heavy atom. The lowest BCUT2D eigenvalue weighted by atomic mass is 9.94. The minimum atomic E-state index is -1.25. The lowest BCUT2D eigenvalue weighted by Gasteiger charge is -2.24. The van der Waals surface area contributed by atoms with Gasteiger partial charge in [-0.15, -0.1) is 0 Å². The van der Waals surface area contributed by atoms with Gasteiger partial charge in [0, 0.05) is 19.2 Å². The monoisotopic (exact) mass is 225 g/mol. The van der Waals surface area contributed by atoms with Crippen molar-refractivity contribution in [2.45, 2.75) is 45.5 Å². The van der Waals surface area contributed by atoms with Crippen molar-refractivity contribution in [3.05, 3.63) is 24.1 Å². The third-order valence-corrected chi connectivity index (χ3v) is 3.20. The van der Waals surface area contributed by atoms with Gasteiger partial charge in [-0.05, 0) is 24.3 Å². The fourth-order valence-corrected chi connectivity index (χ4v) is 2.12. The zero-order chi connectivity index (χ0) is 11.5. The molecule has 1 heterocycles. The molecule has 0 aromatic heterocycles. The Labute approximate surface area is 96.6 Å². The molecule has 0 aromatic rings. The molecule has 2 aliphatic rings. The Balaban J connectivity index is 1.79. The standard InChI is InChI=1S/C13H20FNO/c1-9(7-11-3-4-11)13-6-5-12(8-15-13)16-10(2)14/h5-6,8-11,13,15H,3-4,7H2,1-2H3/t9?,10-,13?/m0/s1. The molecule has 0 radical (unpaired) electrons. The van der Waals surface area contributed by atoms with Crippen molar-refractivity contribution in [1.29, 1.82) is 0 Å². The molecule has 1 aliphatic carbocycles. The van der Waals surface area contributed by atoms with Crippen molar-refractivity contribution >= 4 is 0 Å². The van der Waals surface area contributed by atoms with Gasteiger partial charge in [-0.1, -0.05) is 25.8 Å². The van der Waals surface area contributed by atoms with Crippen LogP contribution >= 0.6 is 0 Å². The Morgan fingerprint density at radius 2 is 2.25 bits per heavy atom. The van der Waals surface area contributed by atoms with Gasteiger partial charge in [-0.3, -0.25) is 0 Å². The minimum absolute atomic E-state index is 0.364. The molecule has 3 heteroatoms. The average Bonchev–Trinajstić information content (AvgIpc) is 3.01. The summed E-state index contributed by atoms with van der Waals surface area (Å²) in [7, 11) is 0. The van der Waals surface area contributed by atoms with Gasteiger partial charge in [-0.2, -0.15) is 0 Å². The first kappa shape index (κ1) is 11.5. The lowest BCUT2D eigenvalue weighted by molar-refractivity contribution is 0.0268. The van der Waals surface area contributed by atoms with Gasteiger partial charge in [0.15, 0.2) is 0 Å². The van der Waals surface area contributed by atoms with Crippen LogP contribution in [0, 0.1) is 11.8 Å². The minimum Gasteiger partial charge on any atom is -0.459 e. The molecule has 0 spiro atoms. The van der Waals surface area contributed by atoms with E-state index < -0.39 is 6.36 Å². The number of ether oxygens (including phenoxy) is 1. The smallest absolute Gasteiger partial charge is 0.235 e. The van der Waals surface area contributed by atoms with E-state index >= 15 is 0 Å². The van der Waals surface area contributed by atoms with E-state index in [1.807, 2.05) is 6.08 Å². The highest BCUT2D eigenvalue weighted by molar-refractivity contribution is 5.19. The van der Waals surface area contributed by atoms with Gasteiger partial charge in [0.2, 0.25) is 6.36 Å². The lowest BCUT2D eigenvalue weighted by Crippen LogP contribution is -2.32. The Hall–Kier alpha value is -0.990. The predicted octanol–water partition coefficient (Wildman–Crippen LogP) is 3.12. The van der Waals surface area contributed by atoms with E-state index in [1.54, 1.807) is 6.20 Å². The summed E-state index contributed by atoms with van der Waals surface area (Å²) >= 11 is 0. The van der Waals surface area contributed by atoms with Crippen molar-refractivity contribution in [3.8, 4) is 0 Å². The number of nitrogens with one attached hydrogen (secondary N) is 1. The summed E-state index contributed by atoms with van der Waals surface area (Å²) in [5.41, 5.74) is 0. The molecule has 2 rings (SSSR count). The maximum atomic E-state index is 12.6. The normalized spacial score (nSPS) is 27.9. The number of hydrogen-bond acceptors (Lipinski definition) is 2. The summed E-state index contributed by atoms with van der Waals surface area (Å²) in [6.07, 6.45) is 8.52. The number of hydrogen-bond donors (Lipinski definition) is 1. The highest BCUT2D eigenvalue weighted by atomic mass is 19.1. The van der Waals surface area contributed by atoms with Crippen LogP contribution in [0.3, 0.4) is 0 Å². The van der Waals surface area contributed by atoms with Crippen LogP contribution in [-0.2, 0) is 4.74 Å². The van der Waals surface area contributed by atoms with Gasteiger partial charge in [-0.25, -0.2) is 4.39 Å². The van der Waals surface area contributed by atoms with Crippen molar-refractivity contribution < 1.29 is 9.13 Å². The highest BCUT2D eigenvalue weighted by Crippen LogP contribution is 2.36. The van der Waals surface area contributed by atoms with E-state index in [0.29, 0.717) is 17.7 Å². The molecular formula is C13H20FNO. The van der Waals surface area contributed by atoms with Gasteiger partial charge >= 0.3 is 0 Å². The summed E-state index contributed by atoms with van der Waals surface area (Å²) < 4.78 is 17.6. The number of rotatable bonds is 5. The van der Waals surface area contributed by atoms with Crippen molar-refractivity contribution in [2.24, 2.45) is 11.8 Å². The summed E-state index contributed by atoms with van der Waals surface area (Å²) in [4.78, 5) is 0. The molecule has 90 valence electrons. The predicted molar refractivity (Wildman–Crippen MR) is 62.3 cm³/mol. The number of allylic oxidation sites excluding steroid dienone is 1. The quantitative estimate of drug-likeness (QED) is 0.776.